The third-order valence-corrected chi connectivity index (χ3v) is 3.28. The van der Waals surface area contributed by atoms with E-state index in [-0.39, 0.29) is 22.5 Å². The molecule has 1 aliphatic rings. The Bertz CT molecular complexity index is 869. The number of para-hydroxylation sites is 1. The summed E-state index contributed by atoms with van der Waals surface area (Å²) in [5, 5.41) is 3.44. The number of carbonyl (C=O) groups excluding carboxylic acids is 3. The summed E-state index contributed by atoms with van der Waals surface area (Å²) < 4.78 is 0. The van der Waals surface area contributed by atoms with Gasteiger partial charge in [0, 0.05) is 10.5 Å². The highest BCUT2D eigenvalue weighted by Crippen LogP contribution is 2.31. The molecule has 1 heterocycles. The van der Waals surface area contributed by atoms with Crippen molar-refractivity contribution in [1.82, 2.24) is 0 Å². The zero-order valence-electron chi connectivity index (χ0n) is 11.1. The summed E-state index contributed by atoms with van der Waals surface area (Å²) >= 11 is 0. The number of anilines is 1. The molecule has 22 heavy (non-hydrogen) atoms. The first-order valence-corrected chi connectivity index (χ1v) is 6.31. The Morgan fingerprint density at radius 2 is 1.73 bits per heavy atom. The van der Waals surface area contributed by atoms with Crippen LogP contribution in [0.25, 0.3) is 10.4 Å². The van der Waals surface area contributed by atoms with Crippen molar-refractivity contribution in [1.29, 1.82) is 0 Å². The first-order valence-electron chi connectivity index (χ1n) is 6.31. The molecule has 2 amide bonds. The van der Waals surface area contributed by atoms with Crippen LogP contribution in [-0.2, 0) is 4.79 Å². The predicted octanol–water partition coefficient (Wildman–Crippen LogP) is 3.00. The van der Waals surface area contributed by atoms with Crippen LogP contribution in [0, 0.1) is 0 Å². The van der Waals surface area contributed by atoms with Crippen LogP contribution in [0.4, 0.5) is 11.4 Å². The van der Waals surface area contributed by atoms with Gasteiger partial charge in [0.25, 0.3) is 11.7 Å². The van der Waals surface area contributed by atoms with Crippen molar-refractivity contribution in [2.24, 2.45) is 5.11 Å². The predicted molar refractivity (Wildman–Crippen MR) is 77.8 cm³/mol. The molecule has 0 atom stereocenters. The molecule has 106 valence electrons. The lowest BCUT2D eigenvalue weighted by molar-refractivity contribution is -0.113. The normalized spacial score (nSPS) is 12.8. The molecule has 0 aliphatic carbocycles. The third kappa shape index (κ3) is 1.93. The number of rotatable bonds is 2. The second-order valence-corrected chi connectivity index (χ2v) is 4.50. The maximum atomic E-state index is 12.6. The quantitative estimate of drug-likeness (QED) is 0.279. The van der Waals surface area contributed by atoms with Gasteiger partial charge in [0.2, 0.25) is 0 Å². The van der Waals surface area contributed by atoms with Gasteiger partial charge in [-0.1, -0.05) is 35.4 Å². The van der Waals surface area contributed by atoms with E-state index in [0.717, 1.165) is 4.90 Å². The van der Waals surface area contributed by atoms with Gasteiger partial charge in [0.15, 0.2) is 0 Å². The summed E-state index contributed by atoms with van der Waals surface area (Å²) in [6.07, 6.45) is 0. The van der Waals surface area contributed by atoms with Gasteiger partial charge >= 0.3 is 5.91 Å². The van der Waals surface area contributed by atoms with Crippen molar-refractivity contribution < 1.29 is 14.4 Å². The van der Waals surface area contributed by atoms with Gasteiger partial charge in [-0.05, 0) is 23.7 Å². The number of hydrogen-bond acceptors (Lipinski definition) is 4. The number of fused-ring (bicyclic) bond motifs is 1. The molecule has 1 aliphatic heterocycles. The van der Waals surface area contributed by atoms with Gasteiger partial charge in [-0.2, -0.15) is 0 Å². The number of benzene rings is 2. The fraction of sp³-hybridized carbons (Fsp3) is 0. The highest BCUT2D eigenvalue weighted by atomic mass is 16.2. The first-order chi connectivity index (χ1) is 10.6. The standard InChI is InChI=1S/C15H8N4O3/c16-18-17-11-7-3-1-5-9(11)14(21)19-12-8-4-2-6-10(12)13(20)15(19)22/h1-8H. The molecule has 0 fully saturated rings. The number of amides is 2. The highest BCUT2D eigenvalue weighted by molar-refractivity contribution is 6.57. The summed E-state index contributed by atoms with van der Waals surface area (Å²) in [5.41, 5.74) is 9.12. The summed E-state index contributed by atoms with van der Waals surface area (Å²) in [4.78, 5) is 40.1. The van der Waals surface area contributed by atoms with E-state index in [9.17, 15) is 14.4 Å². The van der Waals surface area contributed by atoms with E-state index in [1.807, 2.05) is 0 Å². The van der Waals surface area contributed by atoms with Gasteiger partial charge in [-0.15, -0.1) is 0 Å². The second kappa shape index (κ2) is 5.16. The molecular formula is C15H8N4O3. The lowest BCUT2D eigenvalue weighted by atomic mass is 10.1. The van der Waals surface area contributed by atoms with Crippen LogP contribution in [0.2, 0.25) is 0 Å². The zero-order valence-corrected chi connectivity index (χ0v) is 11.1. The third-order valence-electron chi connectivity index (χ3n) is 3.28. The van der Waals surface area contributed by atoms with Crippen molar-refractivity contribution in [3.05, 3.63) is 70.1 Å². The number of imide groups is 1. The summed E-state index contributed by atoms with van der Waals surface area (Å²) in [7, 11) is 0. The van der Waals surface area contributed by atoms with E-state index in [1.54, 1.807) is 24.3 Å². The second-order valence-electron chi connectivity index (χ2n) is 4.50. The van der Waals surface area contributed by atoms with Gasteiger partial charge < -0.3 is 0 Å². The van der Waals surface area contributed by atoms with E-state index < -0.39 is 17.6 Å². The maximum Gasteiger partial charge on any atom is 0.306 e. The van der Waals surface area contributed by atoms with Crippen molar-refractivity contribution in [3.8, 4) is 0 Å². The Labute approximate surface area is 124 Å². The SMILES string of the molecule is [N-]=[N+]=Nc1ccccc1C(=O)N1C(=O)C(=O)c2ccccc21. The van der Waals surface area contributed by atoms with E-state index >= 15 is 0 Å². The van der Waals surface area contributed by atoms with Gasteiger partial charge in [-0.25, -0.2) is 4.90 Å². The minimum Gasteiger partial charge on any atom is -0.283 e. The summed E-state index contributed by atoms with van der Waals surface area (Å²) in [6, 6.07) is 12.3. The van der Waals surface area contributed by atoms with Crippen molar-refractivity contribution in [2.45, 2.75) is 0 Å². The van der Waals surface area contributed by atoms with E-state index in [0.29, 0.717) is 0 Å². The van der Waals surface area contributed by atoms with Gasteiger partial charge in [0.1, 0.15) is 0 Å². The van der Waals surface area contributed by atoms with Gasteiger partial charge in [0.05, 0.1) is 16.9 Å². The molecule has 2 aromatic carbocycles. The van der Waals surface area contributed by atoms with Crippen molar-refractivity contribution in [3.63, 3.8) is 0 Å². The fourth-order valence-electron chi connectivity index (χ4n) is 2.30. The van der Waals surface area contributed by atoms with E-state index in [4.69, 9.17) is 5.53 Å². The molecule has 7 heteroatoms. The molecule has 7 nitrogen and oxygen atoms in total. The number of Topliss-reactive ketones (excluding diaryl/α,β-unsaturated/α-hetero) is 1. The van der Waals surface area contributed by atoms with Crippen LogP contribution in [-0.4, -0.2) is 17.6 Å². The van der Waals surface area contributed by atoms with Crippen LogP contribution >= 0.6 is 0 Å². The first kappa shape index (κ1) is 13.5. The van der Waals surface area contributed by atoms with E-state index in [2.05, 4.69) is 10.0 Å². The van der Waals surface area contributed by atoms with Crippen LogP contribution < -0.4 is 4.90 Å². The lowest BCUT2D eigenvalue weighted by Crippen LogP contribution is -2.35. The number of hydrogen-bond donors (Lipinski definition) is 0. The molecule has 0 N–H and O–H groups in total. The largest absolute Gasteiger partial charge is 0.306 e. The number of carbonyl (C=O) groups is 3. The highest BCUT2D eigenvalue weighted by Gasteiger charge is 2.40. The maximum absolute atomic E-state index is 12.6. The Morgan fingerprint density at radius 1 is 1.05 bits per heavy atom. The number of nitrogens with zero attached hydrogens (tertiary/aromatic N) is 4. The average molecular weight is 292 g/mol. The smallest absolute Gasteiger partial charge is 0.283 e. The Morgan fingerprint density at radius 3 is 2.50 bits per heavy atom. The molecule has 0 saturated heterocycles. The molecule has 0 bridgehead atoms. The number of ketones is 1. The van der Waals surface area contributed by atoms with Crippen LogP contribution in [0.3, 0.4) is 0 Å². The van der Waals surface area contributed by atoms with E-state index in [1.165, 1.54) is 24.3 Å². The number of azide groups is 1. The molecule has 0 aromatic heterocycles. The van der Waals surface area contributed by atoms with Gasteiger partial charge in [-0.3, -0.25) is 14.4 Å². The monoisotopic (exact) mass is 292 g/mol. The van der Waals surface area contributed by atoms with Crippen LogP contribution in [0.1, 0.15) is 20.7 Å². The molecule has 2 aromatic rings. The lowest BCUT2D eigenvalue weighted by Gasteiger charge is -2.15. The fourth-order valence-corrected chi connectivity index (χ4v) is 2.30. The van der Waals surface area contributed by atoms with Crippen molar-refractivity contribution in [2.75, 3.05) is 4.90 Å². The molecule has 0 unspecified atom stereocenters. The van der Waals surface area contributed by atoms with Crippen molar-refractivity contribution >= 4 is 29.0 Å². The summed E-state index contributed by atoms with van der Waals surface area (Å²) in [6.45, 7) is 0. The molecule has 0 spiro atoms. The minimum atomic E-state index is -0.915. The Kier molecular flexibility index (Phi) is 3.17. The summed E-state index contributed by atoms with van der Waals surface area (Å²) in [5.74, 6) is -2.35. The van der Waals surface area contributed by atoms with Crippen LogP contribution in [0.15, 0.2) is 53.6 Å². The molecule has 3 rings (SSSR count). The molecule has 0 radical (unpaired) electrons. The Balaban J connectivity index is 2.13. The average Bonchev–Trinajstić information content (AvgIpc) is 2.80. The zero-order chi connectivity index (χ0) is 15.7. The van der Waals surface area contributed by atoms with Crippen LogP contribution in [0.5, 0.6) is 0 Å². The topological polar surface area (TPSA) is 103 Å². The minimum absolute atomic E-state index is 0.0538. The Hall–Kier alpha value is -3.44. The molecule has 0 saturated carbocycles. The molecular weight excluding hydrogens is 284 g/mol.